The number of anilines is 1. The van der Waals surface area contributed by atoms with Gasteiger partial charge in [-0.2, -0.15) is 0 Å². The number of rotatable bonds is 9. The van der Waals surface area contributed by atoms with E-state index in [1.54, 1.807) is 23.2 Å². The zero-order valence-corrected chi connectivity index (χ0v) is 19.7. The summed E-state index contributed by atoms with van der Waals surface area (Å²) < 4.78 is 16.8. The highest BCUT2D eigenvalue weighted by Gasteiger charge is 2.32. The van der Waals surface area contributed by atoms with Gasteiger partial charge in [0.1, 0.15) is 18.8 Å². The van der Waals surface area contributed by atoms with Gasteiger partial charge in [-0.15, -0.1) is 0 Å². The average molecular weight is 483 g/mol. The molecular weight excluding hydrogens is 452 g/mol. The average Bonchev–Trinajstić information content (AvgIpc) is 3.24. The molecule has 4 rings (SSSR count). The van der Waals surface area contributed by atoms with E-state index in [2.05, 4.69) is 10.3 Å². The number of hydrogen-bond acceptors (Lipinski definition) is 7. The molecule has 2 fully saturated rings. The van der Waals surface area contributed by atoms with Crippen molar-refractivity contribution in [3.8, 4) is 5.88 Å². The van der Waals surface area contributed by atoms with Crippen molar-refractivity contribution < 1.29 is 28.6 Å². The summed E-state index contributed by atoms with van der Waals surface area (Å²) in [7, 11) is 0. The molecule has 2 aliphatic rings. The molecule has 3 heterocycles. The minimum atomic E-state index is -0.472. The van der Waals surface area contributed by atoms with Gasteiger partial charge in [0.15, 0.2) is 0 Å². The monoisotopic (exact) mass is 482 g/mol. The maximum atomic E-state index is 12.4. The van der Waals surface area contributed by atoms with Crippen LogP contribution in [-0.2, 0) is 25.7 Å². The topological polar surface area (TPSA) is 110 Å². The molecule has 1 aromatic heterocycles. The van der Waals surface area contributed by atoms with Gasteiger partial charge in [0, 0.05) is 38.9 Å². The highest BCUT2D eigenvalue weighted by Crippen LogP contribution is 2.24. The molecule has 35 heavy (non-hydrogen) atoms. The van der Waals surface area contributed by atoms with E-state index in [1.807, 2.05) is 30.3 Å². The van der Waals surface area contributed by atoms with Crippen LogP contribution in [0.2, 0.25) is 0 Å². The third-order valence-electron chi connectivity index (χ3n) is 5.90. The van der Waals surface area contributed by atoms with Crippen molar-refractivity contribution in [2.75, 3.05) is 37.7 Å². The molecule has 0 spiro atoms. The first-order valence-electron chi connectivity index (χ1n) is 11.7. The number of likely N-dealkylation sites (tertiary alicyclic amines) is 1. The number of carbonyl (C=O) groups excluding carboxylic acids is 3. The number of nitrogens with zero attached hydrogens (tertiary/aromatic N) is 3. The Labute approximate surface area is 204 Å². The molecule has 186 valence electrons. The number of pyridine rings is 1. The summed E-state index contributed by atoms with van der Waals surface area (Å²) in [5.74, 6) is 0.275. The van der Waals surface area contributed by atoms with Crippen molar-refractivity contribution in [1.82, 2.24) is 15.2 Å². The summed E-state index contributed by atoms with van der Waals surface area (Å²) in [4.78, 5) is 43.2. The Morgan fingerprint density at radius 3 is 2.60 bits per heavy atom. The van der Waals surface area contributed by atoms with Gasteiger partial charge in [0.2, 0.25) is 17.7 Å². The second-order valence-corrected chi connectivity index (χ2v) is 8.58. The van der Waals surface area contributed by atoms with E-state index < -0.39 is 12.2 Å². The predicted octanol–water partition coefficient (Wildman–Crippen LogP) is 2.13. The lowest BCUT2D eigenvalue weighted by Crippen LogP contribution is -2.43. The maximum absolute atomic E-state index is 12.4. The number of ether oxygens (including phenoxy) is 3. The summed E-state index contributed by atoms with van der Waals surface area (Å²) in [6, 6.07) is 13.2. The summed E-state index contributed by atoms with van der Waals surface area (Å²) in [6.45, 7) is 3.71. The van der Waals surface area contributed by atoms with Gasteiger partial charge in [0.05, 0.1) is 31.6 Å². The lowest BCUT2D eigenvalue weighted by atomic mass is 10.1. The van der Waals surface area contributed by atoms with E-state index in [9.17, 15) is 14.4 Å². The van der Waals surface area contributed by atoms with Crippen molar-refractivity contribution in [2.45, 2.75) is 38.6 Å². The molecule has 0 saturated carbocycles. The predicted molar refractivity (Wildman–Crippen MR) is 127 cm³/mol. The summed E-state index contributed by atoms with van der Waals surface area (Å²) in [6.07, 6.45) is 2.06. The zero-order valence-electron chi connectivity index (χ0n) is 19.7. The van der Waals surface area contributed by atoms with Crippen molar-refractivity contribution in [2.24, 2.45) is 0 Å². The molecule has 2 aromatic rings. The molecule has 0 aliphatic carbocycles. The van der Waals surface area contributed by atoms with Gasteiger partial charge in [-0.1, -0.05) is 30.3 Å². The van der Waals surface area contributed by atoms with Gasteiger partial charge in [0.25, 0.3) is 0 Å². The molecule has 2 aliphatic heterocycles. The first kappa shape index (κ1) is 24.5. The lowest BCUT2D eigenvalue weighted by Gasteiger charge is -2.32. The highest BCUT2D eigenvalue weighted by atomic mass is 16.6. The number of benzene rings is 1. The van der Waals surface area contributed by atoms with E-state index in [1.165, 1.54) is 11.8 Å². The Morgan fingerprint density at radius 2 is 1.91 bits per heavy atom. The largest absolute Gasteiger partial charge is 0.474 e. The number of carbonyl (C=O) groups is 3. The number of nitrogens with one attached hydrogen (secondary N) is 1. The van der Waals surface area contributed by atoms with Crippen LogP contribution in [0, 0.1) is 0 Å². The van der Waals surface area contributed by atoms with E-state index in [0.29, 0.717) is 50.7 Å². The Hall–Kier alpha value is -3.66. The van der Waals surface area contributed by atoms with Gasteiger partial charge in [-0.3, -0.25) is 14.5 Å². The van der Waals surface area contributed by atoms with Gasteiger partial charge in [-0.05, 0) is 11.6 Å². The molecule has 1 aromatic carbocycles. The first-order chi connectivity index (χ1) is 17.0. The van der Waals surface area contributed by atoms with Crippen molar-refractivity contribution in [3.05, 3.63) is 54.2 Å². The van der Waals surface area contributed by atoms with Crippen LogP contribution >= 0.6 is 0 Å². The fourth-order valence-electron chi connectivity index (χ4n) is 4.01. The normalized spacial score (nSPS) is 18.3. The fraction of sp³-hybridized carbons (Fsp3) is 0.440. The Morgan fingerprint density at radius 1 is 1.14 bits per heavy atom. The fourth-order valence-corrected chi connectivity index (χ4v) is 4.01. The van der Waals surface area contributed by atoms with Crippen LogP contribution in [0.25, 0.3) is 0 Å². The van der Waals surface area contributed by atoms with Crippen LogP contribution in [0.1, 0.15) is 25.3 Å². The van der Waals surface area contributed by atoms with E-state index in [4.69, 9.17) is 14.2 Å². The van der Waals surface area contributed by atoms with Crippen LogP contribution in [-0.4, -0.2) is 72.8 Å². The molecule has 10 nitrogen and oxygen atoms in total. The van der Waals surface area contributed by atoms with E-state index in [-0.39, 0.29) is 31.1 Å². The van der Waals surface area contributed by atoms with Crippen LogP contribution < -0.4 is 15.0 Å². The molecule has 0 radical (unpaired) electrons. The number of cyclic esters (lactones) is 1. The molecule has 0 unspecified atom stereocenters. The van der Waals surface area contributed by atoms with E-state index in [0.717, 1.165) is 5.56 Å². The van der Waals surface area contributed by atoms with Crippen molar-refractivity contribution in [3.63, 3.8) is 0 Å². The summed E-state index contributed by atoms with van der Waals surface area (Å²) in [5.41, 5.74) is 1.64. The third kappa shape index (κ3) is 6.92. The van der Waals surface area contributed by atoms with Crippen LogP contribution in [0.15, 0.2) is 48.7 Å². The lowest BCUT2D eigenvalue weighted by molar-refractivity contribution is -0.138. The molecular formula is C25H30N4O6. The van der Waals surface area contributed by atoms with Gasteiger partial charge >= 0.3 is 6.09 Å². The smallest absolute Gasteiger partial charge is 0.414 e. The summed E-state index contributed by atoms with van der Waals surface area (Å²) in [5, 5.41) is 2.65. The third-order valence-corrected chi connectivity index (χ3v) is 5.90. The summed E-state index contributed by atoms with van der Waals surface area (Å²) >= 11 is 0. The number of aromatic nitrogens is 1. The quantitative estimate of drug-likeness (QED) is 0.583. The standard InChI is InChI=1S/C25H30N4O6/c1-18(30)26-14-22-15-29(25(32)35-22)20-7-8-23(27-13-20)34-21-9-11-28(12-10-21)24(31)17-33-16-19-5-3-2-4-6-19/h2-8,13,21-22H,9-12,14-17H2,1H3,(H,26,30)/t22-/m0/s1. The number of hydrogen-bond donors (Lipinski definition) is 1. The SMILES string of the molecule is CC(=O)NC[C@H]1CN(c2ccc(OC3CCN(C(=O)COCc4ccccc4)CC3)nc2)C(=O)O1. The Bertz CT molecular complexity index is 1010. The second-order valence-electron chi connectivity index (χ2n) is 8.58. The number of amides is 3. The Balaban J connectivity index is 1.18. The minimum absolute atomic E-state index is 0.0174. The van der Waals surface area contributed by atoms with E-state index >= 15 is 0 Å². The second kappa shape index (κ2) is 11.7. The molecule has 10 heteroatoms. The van der Waals surface area contributed by atoms with Crippen LogP contribution in [0.3, 0.4) is 0 Å². The molecule has 1 N–H and O–H groups in total. The number of piperidine rings is 1. The van der Waals surface area contributed by atoms with Crippen molar-refractivity contribution in [1.29, 1.82) is 0 Å². The minimum Gasteiger partial charge on any atom is -0.474 e. The van der Waals surface area contributed by atoms with Crippen LogP contribution in [0.4, 0.5) is 10.5 Å². The molecule has 1 atom stereocenters. The molecule has 2 saturated heterocycles. The molecule has 3 amide bonds. The Kier molecular flexibility index (Phi) is 8.15. The highest BCUT2D eigenvalue weighted by molar-refractivity contribution is 5.89. The molecule has 0 bridgehead atoms. The zero-order chi connectivity index (χ0) is 24.6. The maximum Gasteiger partial charge on any atom is 0.414 e. The van der Waals surface area contributed by atoms with Gasteiger partial charge in [-0.25, -0.2) is 9.78 Å². The van der Waals surface area contributed by atoms with Gasteiger partial charge < -0.3 is 24.4 Å². The first-order valence-corrected chi connectivity index (χ1v) is 11.7. The van der Waals surface area contributed by atoms with Crippen molar-refractivity contribution >= 4 is 23.6 Å². The van der Waals surface area contributed by atoms with Crippen LogP contribution in [0.5, 0.6) is 5.88 Å².